The number of nitro groups is 2. The van der Waals surface area contributed by atoms with Crippen LogP contribution in [0, 0.1) is 27.2 Å². The molecule has 0 amide bonds. The Morgan fingerprint density at radius 1 is 0.848 bits per heavy atom. The SMILES string of the molecule is Cc1c([N+](=O)[O-])cc(S(=O)(=O)Nc2ccc(-c3ccc(S(C)(=O)=O)nn3)cc2)cc1[N+](=O)[O-]. The molecule has 1 aromatic heterocycles. The van der Waals surface area contributed by atoms with E-state index in [1.807, 2.05) is 0 Å². The molecule has 33 heavy (non-hydrogen) atoms. The van der Waals surface area contributed by atoms with E-state index < -0.39 is 46.0 Å². The molecule has 1 N–H and O–H groups in total. The van der Waals surface area contributed by atoms with Gasteiger partial charge in [0, 0.05) is 29.6 Å². The molecule has 15 heteroatoms. The lowest BCUT2D eigenvalue weighted by atomic mass is 10.1. The number of sulfone groups is 1. The molecular formula is C18H15N5O8S2. The summed E-state index contributed by atoms with van der Waals surface area (Å²) in [5.41, 5.74) is -0.748. The van der Waals surface area contributed by atoms with E-state index >= 15 is 0 Å². The molecule has 2 aromatic carbocycles. The second-order valence-electron chi connectivity index (χ2n) is 6.81. The van der Waals surface area contributed by atoms with Crippen LogP contribution in [0.15, 0.2) is 58.5 Å². The number of nitrogens with one attached hydrogen (secondary N) is 1. The van der Waals surface area contributed by atoms with Gasteiger partial charge in [-0.05, 0) is 31.2 Å². The minimum absolute atomic E-state index is 0.0744. The van der Waals surface area contributed by atoms with Crippen LogP contribution in [-0.2, 0) is 19.9 Å². The fraction of sp³-hybridized carbons (Fsp3) is 0.111. The molecule has 0 atom stereocenters. The zero-order valence-electron chi connectivity index (χ0n) is 17.0. The molecule has 0 aliphatic carbocycles. The van der Waals surface area contributed by atoms with Crippen LogP contribution in [-0.4, -0.2) is 43.1 Å². The molecule has 13 nitrogen and oxygen atoms in total. The van der Waals surface area contributed by atoms with Gasteiger partial charge in [0.2, 0.25) is 0 Å². The van der Waals surface area contributed by atoms with Gasteiger partial charge in [-0.25, -0.2) is 16.8 Å². The summed E-state index contributed by atoms with van der Waals surface area (Å²) in [6.45, 7) is 1.16. The van der Waals surface area contributed by atoms with E-state index in [0.29, 0.717) is 11.3 Å². The summed E-state index contributed by atoms with van der Waals surface area (Å²) in [6, 6.07) is 9.94. The third kappa shape index (κ3) is 5.09. The fourth-order valence-electron chi connectivity index (χ4n) is 2.79. The first-order valence-electron chi connectivity index (χ1n) is 8.90. The molecule has 0 fully saturated rings. The number of aromatic nitrogens is 2. The zero-order chi connectivity index (χ0) is 24.6. The van der Waals surface area contributed by atoms with Crippen LogP contribution in [0.4, 0.5) is 17.1 Å². The minimum atomic E-state index is -4.40. The quantitative estimate of drug-likeness (QED) is 0.377. The molecule has 0 radical (unpaired) electrons. The van der Waals surface area contributed by atoms with Crippen LogP contribution < -0.4 is 4.72 Å². The summed E-state index contributed by atoms with van der Waals surface area (Å²) < 4.78 is 50.6. The van der Waals surface area contributed by atoms with Crippen molar-refractivity contribution in [1.29, 1.82) is 0 Å². The van der Waals surface area contributed by atoms with Crippen molar-refractivity contribution in [2.75, 3.05) is 11.0 Å². The number of sulfonamides is 1. The van der Waals surface area contributed by atoms with Crippen LogP contribution in [0.2, 0.25) is 0 Å². The summed E-state index contributed by atoms with van der Waals surface area (Å²) >= 11 is 0. The topological polar surface area (TPSA) is 192 Å². The van der Waals surface area contributed by atoms with Gasteiger partial charge >= 0.3 is 0 Å². The predicted molar refractivity (Wildman–Crippen MR) is 116 cm³/mol. The lowest BCUT2D eigenvalue weighted by Crippen LogP contribution is -2.14. The maximum atomic E-state index is 12.7. The van der Waals surface area contributed by atoms with Gasteiger partial charge in [-0.2, -0.15) is 0 Å². The Hall–Kier alpha value is -3.98. The summed E-state index contributed by atoms with van der Waals surface area (Å²) in [5.74, 6) is 0. The van der Waals surface area contributed by atoms with Gasteiger partial charge in [-0.3, -0.25) is 25.0 Å². The van der Waals surface area contributed by atoms with E-state index in [1.165, 1.54) is 36.4 Å². The Bertz CT molecular complexity index is 1430. The highest BCUT2D eigenvalue weighted by atomic mass is 32.2. The fourth-order valence-corrected chi connectivity index (χ4v) is 4.39. The normalized spacial score (nSPS) is 11.7. The van der Waals surface area contributed by atoms with Gasteiger partial charge in [-0.1, -0.05) is 12.1 Å². The number of nitro benzene ring substituents is 2. The highest BCUT2D eigenvalue weighted by Crippen LogP contribution is 2.32. The van der Waals surface area contributed by atoms with E-state index in [4.69, 9.17) is 0 Å². The summed E-state index contributed by atoms with van der Waals surface area (Å²) in [5, 5.41) is 29.7. The van der Waals surface area contributed by atoms with E-state index in [-0.39, 0.29) is 16.3 Å². The third-order valence-electron chi connectivity index (χ3n) is 4.48. The van der Waals surface area contributed by atoms with E-state index in [0.717, 1.165) is 25.3 Å². The molecule has 0 aliphatic rings. The summed E-state index contributed by atoms with van der Waals surface area (Å²) in [7, 11) is -7.90. The average Bonchev–Trinajstić information content (AvgIpc) is 2.73. The Morgan fingerprint density at radius 3 is 1.82 bits per heavy atom. The maximum absolute atomic E-state index is 12.7. The number of hydrogen-bond donors (Lipinski definition) is 1. The van der Waals surface area contributed by atoms with Crippen molar-refractivity contribution >= 4 is 36.9 Å². The van der Waals surface area contributed by atoms with Crippen LogP contribution in [0.1, 0.15) is 5.56 Å². The predicted octanol–water partition coefficient (Wildman–Crippen LogP) is 2.47. The molecule has 0 spiro atoms. The minimum Gasteiger partial charge on any atom is -0.280 e. The molecule has 1 heterocycles. The van der Waals surface area contributed by atoms with E-state index in [2.05, 4.69) is 14.9 Å². The first kappa shape index (κ1) is 23.7. The maximum Gasteiger partial charge on any atom is 0.280 e. The van der Waals surface area contributed by atoms with E-state index in [9.17, 15) is 37.1 Å². The van der Waals surface area contributed by atoms with Crippen molar-refractivity contribution in [3.63, 3.8) is 0 Å². The standard InChI is InChI=1S/C18H15N5O8S2/c1-11-16(22(24)25)9-14(10-17(11)23(26)27)33(30,31)21-13-5-3-12(4-6-13)15-7-8-18(20-19-15)32(2,28)29/h3-10,21H,1-2H3. The van der Waals surface area contributed by atoms with Gasteiger partial charge in [-0.15, -0.1) is 10.2 Å². The van der Waals surface area contributed by atoms with E-state index in [1.54, 1.807) is 0 Å². The molecule has 0 saturated heterocycles. The number of nitrogens with zero attached hydrogens (tertiary/aromatic N) is 4. The number of anilines is 1. The molecule has 3 aromatic rings. The molecule has 0 bridgehead atoms. The lowest BCUT2D eigenvalue weighted by Gasteiger charge is -2.10. The van der Waals surface area contributed by atoms with Crippen LogP contribution in [0.3, 0.4) is 0 Å². The second kappa shape index (κ2) is 8.51. The Morgan fingerprint density at radius 2 is 1.39 bits per heavy atom. The molecule has 0 aliphatic heterocycles. The zero-order valence-corrected chi connectivity index (χ0v) is 18.6. The van der Waals surface area contributed by atoms with Crippen molar-refractivity contribution < 1.29 is 26.7 Å². The van der Waals surface area contributed by atoms with Gasteiger partial charge in [0.15, 0.2) is 14.9 Å². The highest BCUT2D eigenvalue weighted by Gasteiger charge is 2.28. The molecule has 0 unspecified atom stereocenters. The van der Waals surface area contributed by atoms with Crippen molar-refractivity contribution in [2.45, 2.75) is 16.8 Å². The Kier molecular flexibility index (Phi) is 6.11. The second-order valence-corrected chi connectivity index (χ2v) is 10.5. The monoisotopic (exact) mass is 493 g/mol. The number of rotatable bonds is 7. The smallest absolute Gasteiger partial charge is 0.280 e. The summed E-state index contributed by atoms with van der Waals surface area (Å²) in [4.78, 5) is 20.0. The van der Waals surface area contributed by atoms with Gasteiger partial charge < -0.3 is 0 Å². The third-order valence-corrected chi connectivity index (χ3v) is 6.82. The summed E-state index contributed by atoms with van der Waals surface area (Å²) in [6.07, 6.45) is 0.995. The van der Waals surface area contributed by atoms with Crippen LogP contribution >= 0.6 is 0 Å². The molecule has 172 valence electrons. The number of hydrogen-bond acceptors (Lipinski definition) is 10. The number of benzene rings is 2. The van der Waals surface area contributed by atoms with Crippen molar-refractivity contribution in [3.05, 3.63) is 74.3 Å². The Labute approximate surface area is 187 Å². The van der Waals surface area contributed by atoms with Gasteiger partial charge in [0.05, 0.1) is 15.5 Å². The first-order chi connectivity index (χ1) is 15.3. The molecular weight excluding hydrogens is 478 g/mol. The van der Waals surface area contributed by atoms with Gasteiger partial charge in [0.25, 0.3) is 21.4 Å². The molecule has 3 rings (SSSR count). The van der Waals surface area contributed by atoms with Gasteiger partial charge in [0.1, 0.15) is 10.5 Å². The van der Waals surface area contributed by atoms with Crippen LogP contribution in [0.5, 0.6) is 0 Å². The van der Waals surface area contributed by atoms with Crippen molar-refractivity contribution in [1.82, 2.24) is 10.2 Å². The highest BCUT2D eigenvalue weighted by molar-refractivity contribution is 7.92. The van der Waals surface area contributed by atoms with Crippen molar-refractivity contribution in [3.8, 4) is 11.3 Å². The molecule has 0 saturated carbocycles. The largest absolute Gasteiger partial charge is 0.280 e. The lowest BCUT2D eigenvalue weighted by molar-refractivity contribution is -0.395. The first-order valence-corrected chi connectivity index (χ1v) is 12.3. The van der Waals surface area contributed by atoms with Crippen molar-refractivity contribution in [2.24, 2.45) is 0 Å². The van der Waals surface area contributed by atoms with Crippen LogP contribution in [0.25, 0.3) is 11.3 Å². The Balaban J connectivity index is 1.91. The average molecular weight is 493 g/mol.